The number of nitrogens with zero attached hydrogens (tertiary/aromatic N) is 2. The maximum atomic E-state index is 9.01. The normalized spacial score (nSPS) is 9.60. The van der Waals surface area contributed by atoms with Crippen molar-refractivity contribution in [1.29, 1.82) is 10.5 Å². The van der Waals surface area contributed by atoms with E-state index in [1.54, 1.807) is 30.3 Å². The molecule has 0 bridgehead atoms. The van der Waals surface area contributed by atoms with E-state index in [2.05, 4.69) is 5.32 Å². The van der Waals surface area contributed by atoms with Crippen molar-refractivity contribution in [2.45, 2.75) is 6.92 Å². The molecule has 2 aromatic rings. The summed E-state index contributed by atoms with van der Waals surface area (Å²) in [6, 6.07) is 12.5. The van der Waals surface area contributed by atoms with Gasteiger partial charge in [-0.2, -0.15) is 10.5 Å². The van der Waals surface area contributed by atoms with E-state index in [0.717, 1.165) is 11.3 Å². The van der Waals surface area contributed by atoms with Crippen molar-refractivity contribution < 1.29 is 0 Å². The van der Waals surface area contributed by atoms with Gasteiger partial charge in [0.2, 0.25) is 0 Å². The third-order valence-electron chi connectivity index (χ3n) is 2.88. The van der Waals surface area contributed by atoms with Gasteiger partial charge in [0.1, 0.15) is 12.1 Å². The highest BCUT2D eigenvalue weighted by Gasteiger charge is 2.06. The molecule has 0 atom stereocenters. The largest absolute Gasteiger partial charge is 0.398 e. The first-order valence-electron chi connectivity index (χ1n) is 5.82. The Kier molecular flexibility index (Phi) is 3.79. The minimum atomic E-state index is 0.330. The molecule has 0 saturated carbocycles. The predicted octanol–water partition coefficient (Wildman–Crippen LogP) is 3.72. The topological polar surface area (TPSA) is 85.6 Å². The number of aryl methyl sites for hydroxylation is 1. The van der Waals surface area contributed by atoms with E-state index < -0.39 is 0 Å². The Hall–Kier alpha value is -2.69. The van der Waals surface area contributed by atoms with Crippen LogP contribution < -0.4 is 11.1 Å². The Morgan fingerprint density at radius 1 is 1.10 bits per heavy atom. The minimum Gasteiger partial charge on any atom is -0.398 e. The van der Waals surface area contributed by atoms with Gasteiger partial charge in [0.05, 0.1) is 21.8 Å². The molecule has 0 spiro atoms. The van der Waals surface area contributed by atoms with Crippen LogP contribution in [0.4, 0.5) is 17.1 Å². The van der Waals surface area contributed by atoms with E-state index in [9.17, 15) is 0 Å². The van der Waals surface area contributed by atoms with Crippen molar-refractivity contribution >= 4 is 28.7 Å². The number of hydrogen-bond donors (Lipinski definition) is 2. The van der Waals surface area contributed by atoms with Gasteiger partial charge in [-0.05, 0) is 42.8 Å². The molecule has 0 aliphatic rings. The molecule has 0 radical (unpaired) electrons. The van der Waals surface area contributed by atoms with Crippen molar-refractivity contribution in [2.75, 3.05) is 11.1 Å². The summed E-state index contributed by atoms with van der Waals surface area (Å²) in [6.07, 6.45) is 0. The fourth-order valence-electron chi connectivity index (χ4n) is 1.81. The summed E-state index contributed by atoms with van der Waals surface area (Å²) in [5.41, 5.74) is 9.39. The zero-order valence-corrected chi connectivity index (χ0v) is 11.5. The molecule has 5 heteroatoms. The third-order valence-corrected chi connectivity index (χ3v) is 3.21. The second-order valence-electron chi connectivity index (χ2n) is 4.30. The van der Waals surface area contributed by atoms with Crippen molar-refractivity contribution in [3.05, 3.63) is 52.0 Å². The number of nitrogens with one attached hydrogen (secondary N) is 1. The highest BCUT2D eigenvalue weighted by molar-refractivity contribution is 6.33. The smallest absolute Gasteiger partial charge is 0.101 e. The molecular formula is C15H11ClN4. The van der Waals surface area contributed by atoms with E-state index in [1.165, 1.54) is 0 Å². The maximum absolute atomic E-state index is 9.01. The van der Waals surface area contributed by atoms with Crippen molar-refractivity contribution in [3.8, 4) is 12.1 Å². The van der Waals surface area contributed by atoms with Crippen molar-refractivity contribution in [2.24, 2.45) is 0 Å². The van der Waals surface area contributed by atoms with Gasteiger partial charge < -0.3 is 11.1 Å². The van der Waals surface area contributed by atoms with E-state index in [-0.39, 0.29) is 0 Å². The van der Waals surface area contributed by atoms with E-state index in [4.69, 9.17) is 27.9 Å². The first-order valence-corrected chi connectivity index (χ1v) is 6.20. The quantitative estimate of drug-likeness (QED) is 0.822. The van der Waals surface area contributed by atoms with Crippen LogP contribution in [0, 0.1) is 29.6 Å². The fourth-order valence-corrected chi connectivity index (χ4v) is 1.97. The zero-order valence-electron chi connectivity index (χ0n) is 10.7. The number of rotatable bonds is 2. The summed E-state index contributed by atoms with van der Waals surface area (Å²) in [6.45, 7) is 1.91. The second kappa shape index (κ2) is 5.52. The third kappa shape index (κ3) is 2.66. The maximum Gasteiger partial charge on any atom is 0.101 e. The molecule has 0 unspecified atom stereocenters. The average molecular weight is 283 g/mol. The van der Waals surface area contributed by atoms with Gasteiger partial charge >= 0.3 is 0 Å². The van der Waals surface area contributed by atoms with Gasteiger partial charge in [0.25, 0.3) is 0 Å². The first kappa shape index (κ1) is 13.7. The Balaban J connectivity index is 2.39. The number of halogens is 1. The van der Waals surface area contributed by atoms with Crippen LogP contribution in [0.15, 0.2) is 30.3 Å². The Bertz CT molecular complexity index is 754. The second-order valence-corrected chi connectivity index (χ2v) is 4.70. The molecule has 4 nitrogen and oxygen atoms in total. The molecule has 3 N–H and O–H groups in total. The molecule has 0 amide bonds. The summed E-state index contributed by atoms with van der Waals surface area (Å²) in [5, 5.41) is 21.5. The summed E-state index contributed by atoms with van der Waals surface area (Å²) >= 11 is 6.00. The number of nitrogen functional groups attached to an aromatic ring is 1. The standard InChI is InChI=1S/C15H11ClN4/c1-9-4-14(19)13(16)6-15(9)20-12-3-2-10(7-17)11(5-12)8-18/h2-6,20H,19H2,1H3. The Morgan fingerprint density at radius 2 is 1.80 bits per heavy atom. The molecule has 0 aliphatic heterocycles. The van der Waals surface area contributed by atoms with Gasteiger partial charge in [-0.1, -0.05) is 11.6 Å². The Labute approximate surface area is 122 Å². The van der Waals surface area contributed by atoms with Crippen LogP contribution >= 0.6 is 11.6 Å². The van der Waals surface area contributed by atoms with E-state index in [0.29, 0.717) is 27.5 Å². The predicted molar refractivity (Wildman–Crippen MR) is 79.8 cm³/mol. The average Bonchev–Trinajstić information content (AvgIpc) is 2.44. The van der Waals surface area contributed by atoms with Crippen molar-refractivity contribution in [3.63, 3.8) is 0 Å². The van der Waals surface area contributed by atoms with Crippen LogP contribution in [0.1, 0.15) is 16.7 Å². The van der Waals surface area contributed by atoms with Crippen LogP contribution in [0.5, 0.6) is 0 Å². The van der Waals surface area contributed by atoms with E-state index >= 15 is 0 Å². The molecule has 98 valence electrons. The van der Waals surface area contributed by atoms with Crippen molar-refractivity contribution in [1.82, 2.24) is 0 Å². The number of hydrogen-bond acceptors (Lipinski definition) is 4. The molecule has 0 aromatic heterocycles. The summed E-state index contributed by atoms with van der Waals surface area (Å²) < 4.78 is 0. The molecule has 20 heavy (non-hydrogen) atoms. The highest BCUT2D eigenvalue weighted by Crippen LogP contribution is 2.29. The number of anilines is 3. The van der Waals surface area contributed by atoms with Crippen LogP contribution in [-0.4, -0.2) is 0 Å². The van der Waals surface area contributed by atoms with Crippen LogP contribution in [0.2, 0.25) is 5.02 Å². The monoisotopic (exact) mass is 282 g/mol. The van der Waals surface area contributed by atoms with Crippen LogP contribution in [-0.2, 0) is 0 Å². The lowest BCUT2D eigenvalue weighted by molar-refractivity contribution is 1.40. The number of benzene rings is 2. The van der Waals surface area contributed by atoms with Crippen LogP contribution in [0.25, 0.3) is 0 Å². The summed E-state index contributed by atoms with van der Waals surface area (Å²) in [7, 11) is 0. The van der Waals surface area contributed by atoms with Gasteiger partial charge in [0, 0.05) is 11.4 Å². The summed E-state index contributed by atoms with van der Waals surface area (Å²) in [5.74, 6) is 0. The van der Waals surface area contributed by atoms with E-state index in [1.807, 2.05) is 19.1 Å². The SMILES string of the molecule is Cc1cc(N)c(Cl)cc1Nc1ccc(C#N)c(C#N)c1. The van der Waals surface area contributed by atoms with Gasteiger partial charge in [-0.3, -0.25) is 0 Å². The van der Waals surface area contributed by atoms with Crippen LogP contribution in [0.3, 0.4) is 0 Å². The van der Waals surface area contributed by atoms with Gasteiger partial charge in [-0.25, -0.2) is 0 Å². The Morgan fingerprint density at radius 3 is 2.45 bits per heavy atom. The zero-order chi connectivity index (χ0) is 14.7. The highest BCUT2D eigenvalue weighted by atomic mass is 35.5. The lowest BCUT2D eigenvalue weighted by Gasteiger charge is -2.12. The molecule has 0 aliphatic carbocycles. The number of nitriles is 2. The molecular weight excluding hydrogens is 272 g/mol. The van der Waals surface area contributed by atoms with Gasteiger partial charge in [-0.15, -0.1) is 0 Å². The molecule has 0 heterocycles. The molecule has 0 saturated heterocycles. The fraction of sp³-hybridized carbons (Fsp3) is 0.0667. The lowest BCUT2D eigenvalue weighted by Crippen LogP contribution is -1.97. The lowest BCUT2D eigenvalue weighted by atomic mass is 10.1. The first-order chi connectivity index (χ1) is 9.55. The molecule has 2 rings (SSSR count). The minimum absolute atomic E-state index is 0.330. The van der Waals surface area contributed by atoms with Gasteiger partial charge in [0.15, 0.2) is 0 Å². The molecule has 2 aromatic carbocycles. The molecule has 0 fully saturated rings. The number of nitrogens with two attached hydrogens (primary N) is 1. The summed E-state index contributed by atoms with van der Waals surface area (Å²) in [4.78, 5) is 0.